The summed E-state index contributed by atoms with van der Waals surface area (Å²) in [5, 5.41) is 11.6. The molecule has 2 aromatic rings. The van der Waals surface area contributed by atoms with Crippen LogP contribution >= 0.6 is 0 Å². The lowest BCUT2D eigenvalue weighted by Crippen LogP contribution is -2.31. The number of nitro groups is 1. The van der Waals surface area contributed by atoms with Gasteiger partial charge >= 0.3 is 0 Å². The fourth-order valence-corrected chi connectivity index (χ4v) is 4.20. The Balaban J connectivity index is 1.72. The van der Waals surface area contributed by atoms with Crippen molar-refractivity contribution in [2.75, 3.05) is 29.4 Å². The molecule has 0 amide bonds. The maximum absolute atomic E-state index is 14.7. The van der Waals surface area contributed by atoms with Gasteiger partial charge in [0.25, 0.3) is 5.69 Å². The van der Waals surface area contributed by atoms with Gasteiger partial charge in [0.05, 0.1) is 16.7 Å². The van der Waals surface area contributed by atoms with Crippen molar-refractivity contribution in [1.82, 2.24) is 0 Å². The highest BCUT2D eigenvalue weighted by molar-refractivity contribution is 5.71. The molecule has 4 rings (SSSR count). The van der Waals surface area contributed by atoms with Crippen LogP contribution in [-0.2, 0) is 13.0 Å². The molecule has 0 saturated carbocycles. The zero-order valence-corrected chi connectivity index (χ0v) is 15.4. The van der Waals surface area contributed by atoms with Crippen molar-refractivity contribution in [1.29, 1.82) is 0 Å². The Hall–Kier alpha value is -2.63. The van der Waals surface area contributed by atoms with Crippen molar-refractivity contribution in [2.45, 2.75) is 38.6 Å². The molecule has 2 aromatic carbocycles. The number of fused-ring (bicyclic) bond motifs is 1. The van der Waals surface area contributed by atoms with E-state index in [4.69, 9.17) is 0 Å². The maximum atomic E-state index is 14.7. The molecule has 142 valence electrons. The molecule has 2 heterocycles. The summed E-state index contributed by atoms with van der Waals surface area (Å²) < 4.78 is 14.7. The Morgan fingerprint density at radius 2 is 1.59 bits per heavy atom. The van der Waals surface area contributed by atoms with Gasteiger partial charge in [-0.15, -0.1) is 0 Å². The van der Waals surface area contributed by atoms with E-state index >= 15 is 0 Å². The lowest BCUT2D eigenvalue weighted by Gasteiger charge is -2.32. The van der Waals surface area contributed by atoms with Crippen LogP contribution in [0.15, 0.2) is 36.4 Å². The van der Waals surface area contributed by atoms with Gasteiger partial charge in [0.1, 0.15) is 5.69 Å². The second-order valence-electron chi connectivity index (χ2n) is 7.39. The SMILES string of the molecule is O=[N+]([O-])c1cc(F)c(N2CCCCCC2)cc1N1CCc2ccccc2C1. The second kappa shape index (κ2) is 7.55. The molecular formula is C21H24FN3O2. The fourth-order valence-electron chi connectivity index (χ4n) is 4.20. The molecule has 0 aliphatic carbocycles. The molecular weight excluding hydrogens is 345 g/mol. The monoisotopic (exact) mass is 369 g/mol. The van der Waals surface area contributed by atoms with Crippen LogP contribution in [0.5, 0.6) is 0 Å². The van der Waals surface area contributed by atoms with Gasteiger partial charge in [-0.25, -0.2) is 4.39 Å². The van der Waals surface area contributed by atoms with Gasteiger partial charge in [-0.2, -0.15) is 0 Å². The van der Waals surface area contributed by atoms with Crippen LogP contribution in [0.4, 0.5) is 21.5 Å². The summed E-state index contributed by atoms with van der Waals surface area (Å²) in [4.78, 5) is 15.2. The lowest BCUT2D eigenvalue weighted by atomic mass is 9.99. The minimum Gasteiger partial charge on any atom is -0.369 e. The highest BCUT2D eigenvalue weighted by Crippen LogP contribution is 2.37. The number of anilines is 2. The number of nitrogens with zero attached hydrogens (tertiary/aromatic N) is 3. The van der Waals surface area contributed by atoms with Crippen molar-refractivity contribution in [3.05, 3.63) is 63.5 Å². The van der Waals surface area contributed by atoms with Crippen molar-refractivity contribution in [2.24, 2.45) is 0 Å². The fraction of sp³-hybridized carbons (Fsp3) is 0.429. The molecule has 2 aliphatic rings. The molecule has 0 N–H and O–H groups in total. The Morgan fingerprint density at radius 3 is 2.30 bits per heavy atom. The van der Waals surface area contributed by atoms with Crippen LogP contribution in [0.25, 0.3) is 0 Å². The van der Waals surface area contributed by atoms with Gasteiger partial charge in [0.2, 0.25) is 0 Å². The summed E-state index contributed by atoms with van der Waals surface area (Å²) >= 11 is 0. The van der Waals surface area contributed by atoms with Crippen LogP contribution in [0.1, 0.15) is 36.8 Å². The third-order valence-electron chi connectivity index (χ3n) is 5.66. The van der Waals surface area contributed by atoms with E-state index in [0.29, 0.717) is 24.5 Å². The molecule has 0 radical (unpaired) electrons. The quantitative estimate of drug-likeness (QED) is 0.582. The number of rotatable bonds is 3. The van der Waals surface area contributed by atoms with Gasteiger partial charge in [-0.3, -0.25) is 10.1 Å². The standard InChI is InChI=1S/C21H24FN3O2/c22-18-13-21(25(26)27)20(14-19(18)23-10-5-1-2-6-11-23)24-12-9-16-7-3-4-8-17(16)15-24/h3-4,7-8,13-14H,1-2,5-6,9-12,15H2. The third-order valence-corrected chi connectivity index (χ3v) is 5.66. The van der Waals surface area contributed by atoms with E-state index < -0.39 is 10.7 Å². The topological polar surface area (TPSA) is 49.6 Å². The van der Waals surface area contributed by atoms with Crippen molar-refractivity contribution in [3.63, 3.8) is 0 Å². The van der Waals surface area contributed by atoms with Crippen LogP contribution in [0.3, 0.4) is 0 Å². The number of hydrogen-bond acceptors (Lipinski definition) is 4. The van der Waals surface area contributed by atoms with Crippen LogP contribution in [-0.4, -0.2) is 24.6 Å². The first kappa shape index (κ1) is 17.8. The molecule has 0 unspecified atom stereocenters. The Morgan fingerprint density at radius 1 is 0.889 bits per heavy atom. The van der Waals surface area contributed by atoms with Crippen molar-refractivity contribution in [3.8, 4) is 0 Å². The van der Waals surface area contributed by atoms with E-state index in [9.17, 15) is 14.5 Å². The molecule has 2 aliphatic heterocycles. The highest BCUT2D eigenvalue weighted by Gasteiger charge is 2.27. The first-order chi connectivity index (χ1) is 13.1. The number of halogens is 1. The summed E-state index contributed by atoms with van der Waals surface area (Å²) in [6, 6.07) is 11.0. The Labute approximate surface area is 158 Å². The average Bonchev–Trinajstić information content (AvgIpc) is 2.96. The van der Waals surface area contributed by atoms with E-state index in [1.807, 2.05) is 21.9 Å². The Bertz CT molecular complexity index is 847. The van der Waals surface area contributed by atoms with Crippen molar-refractivity contribution >= 4 is 17.1 Å². The average molecular weight is 369 g/mol. The minimum atomic E-state index is -0.496. The molecule has 6 heteroatoms. The van der Waals surface area contributed by atoms with Crippen LogP contribution in [0, 0.1) is 15.9 Å². The summed E-state index contributed by atoms with van der Waals surface area (Å²) in [7, 11) is 0. The minimum absolute atomic E-state index is 0.148. The predicted molar refractivity (Wildman–Crippen MR) is 105 cm³/mol. The summed E-state index contributed by atoms with van der Waals surface area (Å²) in [6.45, 7) is 2.92. The molecule has 1 fully saturated rings. The zero-order chi connectivity index (χ0) is 18.8. The van der Waals surface area contributed by atoms with Crippen LogP contribution in [0.2, 0.25) is 0 Å². The summed E-state index contributed by atoms with van der Waals surface area (Å²) in [5.74, 6) is -0.496. The van der Waals surface area contributed by atoms with Gasteiger partial charge in [0, 0.05) is 26.2 Å². The molecule has 5 nitrogen and oxygen atoms in total. The lowest BCUT2D eigenvalue weighted by molar-refractivity contribution is -0.384. The van der Waals surface area contributed by atoms with Crippen molar-refractivity contribution < 1.29 is 9.31 Å². The first-order valence-electron chi connectivity index (χ1n) is 9.68. The largest absolute Gasteiger partial charge is 0.369 e. The van der Waals surface area contributed by atoms with E-state index in [2.05, 4.69) is 12.1 Å². The second-order valence-corrected chi connectivity index (χ2v) is 7.39. The van der Waals surface area contributed by atoms with E-state index in [0.717, 1.165) is 51.3 Å². The molecule has 0 bridgehead atoms. The molecule has 0 aromatic heterocycles. The van der Waals surface area contributed by atoms with E-state index in [1.54, 1.807) is 6.07 Å². The summed E-state index contributed by atoms with van der Waals surface area (Å²) in [5.41, 5.74) is 3.34. The molecule has 0 atom stereocenters. The normalized spacial score (nSPS) is 17.4. The third kappa shape index (κ3) is 3.61. The van der Waals surface area contributed by atoms with Gasteiger partial charge in [0.15, 0.2) is 5.82 Å². The van der Waals surface area contributed by atoms with E-state index in [1.165, 1.54) is 11.1 Å². The Kier molecular flexibility index (Phi) is 4.97. The predicted octanol–water partition coefficient (Wildman–Crippen LogP) is 4.68. The summed E-state index contributed by atoms with van der Waals surface area (Å²) in [6.07, 6.45) is 5.21. The van der Waals surface area contributed by atoms with Gasteiger partial charge in [-0.05, 0) is 36.5 Å². The molecule has 0 spiro atoms. The first-order valence-corrected chi connectivity index (χ1v) is 9.68. The maximum Gasteiger partial charge on any atom is 0.295 e. The van der Waals surface area contributed by atoms with Gasteiger partial charge < -0.3 is 9.80 Å². The number of nitro benzene ring substituents is 1. The molecule has 1 saturated heterocycles. The smallest absolute Gasteiger partial charge is 0.295 e. The zero-order valence-electron chi connectivity index (χ0n) is 15.4. The number of benzene rings is 2. The van der Waals surface area contributed by atoms with Gasteiger partial charge in [-0.1, -0.05) is 37.1 Å². The van der Waals surface area contributed by atoms with Crippen LogP contribution < -0.4 is 9.80 Å². The number of hydrogen-bond donors (Lipinski definition) is 0. The van der Waals surface area contributed by atoms with E-state index in [-0.39, 0.29) is 5.69 Å². The highest BCUT2D eigenvalue weighted by atomic mass is 19.1. The molecule has 27 heavy (non-hydrogen) atoms.